The number of amides is 1. The molecule has 0 aromatic carbocycles. The van der Waals surface area contributed by atoms with Crippen LogP contribution in [0.4, 0.5) is 5.69 Å². The largest absolute Gasteiger partial charge is 0.494 e. The predicted octanol–water partition coefficient (Wildman–Crippen LogP) is 1.63. The van der Waals surface area contributed by atoms with Crippen molar-refractivity contribution in [2.75, 3.05) is 18.6 Å². The smallest absolute Gasteiger partial charge is 0.227 e. The van der Waals surface area contributed by atoms with Crippen LogP contribution in [0.1, 0.15) is 6.42 Å². The van der Waals surface area contributed by atoms with E-state index in [2.05, 4.69) is 11.6 Å². The van der Waals surface area contributed by atoms with E-state index < -0.39 is 0 Å². The van der Waals surface area contributed by atoms with Gasteiger partial charge in [-0.3, -0.25) is 9.78 Å². The lowest BCUT2D eigenvalue weighted by Crippen LogP contribution is -2.25. The van der Waals surface area contributed by atoms with Crippen molar-refractivity contribution in [2.45, 2.75) is 6.42 Å². The minimum absolute atomic E-state index is 0.0937. The third-order valence-corrected chi connectivity index (χ3v) is 2.76. The molecule has 1 fully saturated rings. The van der Waals surface area contributed by atoms with Gasteiger partial charge in [0.05, 0.1) is 13.3 Å². The zero-order valence-electron chi connectivity index (χ0n) is 9.22. The summed E-state index contributed by atoms with van der Waals surface area (Å²) >= 11 is 0. The van der Waals surface area contributed by atoms with E-state index in [0.29, 0.717) is 18.7 Å². The average Bonchev–Trinajstić information content (AvgIpc) is 2.70. The van der Waals surface area contributed by atoms with Gasteiger partial charge in [-0.1, -0.05) is 6.08 Å². The number of aromatic nitrogens is 1. The number of ether oxygens (including phenoxy) is 1. The van der Waals surface area contributed by atoms with E-state index in [-0.39, 0.29) is 11.8 Å². The Balaban J connectivity index is 2.30. The number of methoxy groups -OCH3 is 1. The van der Waals surface area contributed by atoms with Crippen LogP contribution in [0.2, 0.25) is 0 Å². The summed E-state index contributed by atoms with van der Waals surface area (Å²) in [5, 5.41) is 0. The predicted molar refractivity (Wildman–Crippen MR) is 61.4 cm³/mol. The topological polar surface area (TPSA) is 42.4 Å². The van der Waals surface area contributed by atoms with Crippen molar-refractivity contribution < 1.29 is 9.53 Å². The van der Waals surface area contributed by atoms with Crippen LogP contribution in [0, 0.1) is 5.92 Å². The molecule has 0 bridgehead atoms. The molecule has 1 unspecified atom stereocenters. The highest BCUT2D eigenvalue weighted by Gasteiger charge is 2.30. The highest BCUT2D eigenvalue weighted by molar-refractivity contribution is 5.97. The standard InChI is InChI=1S/C12H14N2O2/c1-3-9-6-12(15)14(8-9)10-7-13-5-4-11(10)16-2/h3-5,7,9H,1,6,8H2,2H3. The fraction of sp³-hybridized carbons (Fsp3) is 0.333. The first-order valence-corrected chi connectivity index (χ1v) is 5.17. The second kappa shape index (κ2) is 4.35. The lowest BCUT2D eigenvalue weighted by molar-refractivity contribution is -0.117. The maximum absolute atomic E-state index is 11.8. The molecule has 0 aliphatic carbocycles. The maximum Gasteiger partial charge on any atom is 0.227 e. The Labute approximate surface area is 94.5 Å². The summed E-state index contributed by atoms with van der Waals surface area (Å²) in [4.78, 5) is 17.5. The fourth-order valence-corrected chi connectivity index (χ4v) is 1.87. The number of nitrogens with zero attached hydrogens (tertiary/aromatic N) is 2. The van der Waals surface area contributed by atoms with E-state index in [1.54, 1.807) is 30.5 Å². The van der Waals surface area contributed by atoms with Gasteiger partial charge in [-0.2, -0.15) is 0 Å². The molecule has 2 heterocycles. The molecular weight excluding hydrogens is 204 g/mol. The van der Waals surface area contributed by atoms with Gasteiger partial charge in [-0.15, -0.1) is 6.58 Å². The summed E-state index contributed by atoms with van der Waals surface area (Å²) in [6.07, 6.45) is 5.64. The van der Waals surface area contributed by atoms with Crippen LogP contribution in [0.3, 0.4) is 0 Å². The Kier molecular flexibility index (Phi) is 2.90. The van der Waals surface area contributed by atoms with Crippen LogP contribution < -0.4 is 9.64 Å². The zero-order chi connectivity index (χ0) is 11.5. The summed E-state index contributed by atoms with van der Waals surface area (Å²) in [7, 11) is 1.59. The molecule has 1 aromatic heterocycles. The molecule has 1 amide bonds. The second-order valence-corrected chi connectivity index (χ2v) is 3.75. The molecule has 0 saturated carbocycles. The van der Waals surface area contributed by atoms with E-state index in [1.165, 1.54) is 0 Å². The monoisotopic (exact) mass is 218 g/mol. The van der Waals surface area contributed by atoms with Gasteiger partial charge in [0.2, 0.25) is 5.91 Å². The molecule has 1 aromatic rings. The molecule has 0 spiro atoms. The molecule has 1 aliphatic rings. The van der Waals surface area contributed by atoms with E-state index >= 15 is 0 Å². The first-order chi connectivity index (χ1) is 7.76. The van der Waals surface area contributed by atoms with Crippen molar-refractivity contribution in [3.8, 4) is 5.75 Å². The van der Waals surface area contributed by atoms with Crippen LogP contribution in [-0.2, 0) is 4.79 Å². The molecule has 4 heteroatoms. The van der Waals surface area contributed by atoms with Crippen LogP contribution in [0.15, 0.2) is 31.1 Å². The third-order valence-electron chi connectivity index (χ3n) is 2.76. The van der Waals surface area contributed by atoms with Crippen molar-refractivity contribution in [1.29, 1.82) is 0 Å². The van der Waals surface area contributed by atoms with E-state index in [9.17, 15) is 4.79 Å². The number of anilines is 1. The first-order valence-electron chi connectivity index (χ1n) is 5.17. The first kappa shape index (κ1) is 10.7. The van der Waals surface area contributed by atoms with E-state index in [0.717, 1.165) is 5.69 Å². The molecule has 2 rings (SSSR count). The van der Waals surface area contributed by atoms with E-state index in [4.69, 9.17) is 4.74 Å². The average molecular weight is 218 g/mol. The van der Waals surface area contributed by atoms with Gasteiger partial charge >= 0.3 is 0 Å². The number of carbonyl (C=O) groups excluding carboxylic acids is 1. The Hall–Kier alpha value is -1.84. The van der Waals surface area contributed by atoms with Gasteiger partial charge in [-0.05, 0) is 0 Å². The van der Waals surface area contributed by atoms with Gasteiger partial charge < -0.3 is 9.64 Å². The van der Waals surface area contributed by atoms with Crippen molar-refractivity contribution in [3.63, 3.8) is 0 Å². The lowest BCUT2D eigenvalue weighted by atomic mass is 10.1. The second-order valence-electron chi connectivity index (χ2n) is 3.75. The molecule has 16 heavy (non-hydrogen) atoms. The molecule has 1 atom stereocenters. The normalized spacial score (nSPS) is 19.9. The fourth-order valence-electron chi connectivity index (χ4n) is 1.87. The van der Waals surface area contributed by atoms with Crippen molar-refractivity contribution in [1.82, 2.24) is 4.98 Å². The third kappa shape index (κ3) is 1.78. The minimum atomic E-state index is 0.0937. The summed E-state index contributed by atoms with van der Waals surface area (Å²) < 4.78 is 5.22. The highest BCUT2D eigenvalue weighted by atomic mass is 16.5. The highest BCUT2D eigenvalue weighted by Crippen LogP contribution is 2.31. The van der Waals surface area contributed by atoms with Gasteiger partial charge in [0, 0.05) is 31.1 Å². The number of rotatable bonds is 3. The molecule has 4 nitrogen and oxygen atoms in total. The summed E-state index contributed by atoms with van der Waals surface area (Å²) in [5.74, 6) is 0.988. The lowest BCUT2D eigenvalue weighted by Gasteiger charge is -2.18. The minimum Gasteiger partial charge on any atom is -0.494 e. The van der Waals surface area contributed by atoms with Crippen LogP contribution in [0.5, 0.6) is 5.75 Å². The molecule has 0 N–H and O–H groups in total. The van der Waals surface area contributed by atoms with Gasteiger partial charge in [0.15, 0.2) is 0 Å². The van der Waals surface area contributed by atoms with Crippen molar-refractivity contribution in [3.05, 3.63) is 31.1 Å². The Morgan fingerprint density at radius 3 is 3.12 bits per heavy atom. The molecule has 1 aliphatic heterocycles. The Morgan fingerprint density at radius 2 is 2.50 bits per heavy atom. The summed E-state index contributed by atoms with van der Waals surface area (Å²) in [6, 6.07) is 1.75. The Morgan fingerprint density at radius 1 is 1.69 bits per heavy atom. The molecule has 84 valence electrons. The van der Waals surface area contributed by atoms with Gasteiger partial charge in [-0.25, -0.2) is 0 Å². The number of carbonyl (C=O) groups is 1. The van der Waals surface area contributed by atoms with Crippen LogP contribution >= 0.6 is 0 Å². The number of hydrogen-bond donors (Lipinski definition) is 0. The van der Waals surface area contributed by atoms with Crippen molar-refractivity contribution >= 4 is 11.6 Å². The number of pyridine rings is 1. The van der Waals surface area contributed by atoms with Crippen LogP contribution in [0.25, 0.3) is 0 Å². The van der Waals surface area contributed by atoms with Crippen molar-refractivity contribution in [2.24, 2.45) is 5.92 Å². The molecular formula is C12H14N2O2. The molecule has 0 radical (unpaired) electrons. The number of hydrogen-bond acceptors (Lipinski definition) is 3. The zero-order valence-corrected chi connectivity index (χ0v) is 9.22. The van der Waals surface area contributed by atoms with Crippen LogP contribution in [-0.4, -0.2) is 24.5 Å². The quantitative estimate of drug-likeness (QED) is 0.724. The SMILES string of the molecule is C=CC1CC(=O)N(c2cnccc2OC)C1. The summed E-state index contributed by atoms with van der Waals surface area (Å²) in [5.41, 5.74) is 0.736. The maximum atomic E-state index is 11.8. The van der Waals surface area contributed by atoms with E-state index in [1.807, 2.05) is 6.08 Å². The summed E-state index contributed by atoms with van der Waals surface area (Å²) in [6.45, 7) is 4.38. The van der Waals surface area contributed by atoms with Gasteiger partial charge in [0.25, 0.3) is 0 Å². The van der Waals surface area contributed by atoms with Gasteiger partial charge in [0.1, 0.15) is 11.4 Å². The molecule has 1 saturated heterocycles. The Bertz CT molecular complexity index is 417.